The number of thiophene rings is 1. The summed E-state index contributed by atoms with van der Waals surface area (Å²) in [5, 5.41) is 3.28. The standard InChI is InChI=1S/C14H27N3O2S2/c1-11(2)15-7-6-8-17(5)21(18,19)16-10-14-9-12(3)13(4)20-14/h9,11,15-16H,6-8,10H2,1-5H3. The van der Waals surface area contributed by atoms with Crippen LogP contribution in [0.5, 0.6) is 0 Å². The van der Waals surface area contributed by atoms with Crippen molar-refractivity contribution in [3.8, 4) is 0 Å². The van der Waals surface area contributed by atoms with Crippen molar-refractivity contribution in [1.82, 2.24) is 14.3 Å². The van der Waals surface area contributed by atoms with Gasteiger partial charge in [-0.1, -0.05) is 13.8 Å². The lowest BCUT2D eigenvalue weighted by Crippen LogP contribution is -2.39. The smallest absolute Gasteiger partial charge is 0.279 e. The van der Waals surface area contributed by atoms with Crippen LogP contribution in [0.1, 0.15) is 35.6 Å². The minimum Gasteiger partial charge on any atom is -0.314 e. The zero-order chi connectivity index (χ0) is 16.0. The van der Waals surface area contributed by atoms with Gasteiger partial charge in [0.2, 0.25) is 0 Å². The lowest BCUT2D eigenvalue weighted by molar-refractivity contribution is 0.439. The lowest BCUT2D eigenvalue weighted by Gasteiger charge is -2.18. The highest BCUT2D eigenvalue weighted by Gasteiger charge is 2.17. The van der Waals surface area contributed by atoms with Gasteiger partial charge in [-0.3, -0.25) is 0 Å². The Morgan fingerprint density at radius 1 is 1.33 bits per heavy atom. The molecule has 1 heterocycles. The average molecular weight is 334 g/mol. The molecule has 0 bridgehead atoms. The largest absolute Gasteiger partial charge is 0.314 e. The fourth-order valence-corrected chi connectivity index (χ4v) is 3.83. The number of rotatable bonds is 9. The first-order chi connectivity index (χ1) is 9.72. The summed E-state index contributed by atoms with van der Waals surface area (Å²) in [7, 11) is -1.79. The maximum absolute atomic E-state index is 12.1. The zero-order valence-electron chi connectivity index (χ0n) is 13.6. The van der Waals surface area contributed by atoms with E-state index in [0.717, 1.165) is 17.8 Å². The van der Waals surface area contributed by atoms with E-state index in [4.69, 9.17) is 0 Å². The molecule has 1 rings (SSSR count). The van der Waals surface area contributed by atoms with Crippen LogP contribution in [-0.2, 0) is 16.8 Å². The topological polar surface area (TPSA) is 61.4 Å². The van der Waals surface area contributed by atoms with Crippen molar-refractivity contribution < 1.29 is 8.42 Å². The molecule has 0 atom stereocenters. The summed E-state index contributed by atoms with van der Waals surface area (Å²) in [4.78, 5) is 2.28. The van der Waals surface area contributed by atoms with Gasteiger partial charge in [-0.15, -0.1) is 11.3 Å². The maximum Gasteiger partial charge on any atom is 0.279 e. The van der Waals surface area contributed by atoms with E-state index in [1.54, 1.807) is 18.4 Å². The number of hydrogen-bond acceptors (Lipinski definition) is 4. The van der Waals surface area contributed by atoms with Gasteiger partial charge < -0.3 is 5.32 Å². The van der Waals surface area contributed by atoms with E-state index >= 15 is 0 Å². The van der Waals surface area contributed by atoms with Gasteiger partial charge >= 0.3 is 0 Å². The molecule has 0 fully saturated rings. The normalized spacial score (nSPS) is 12.5. The van der Waals surface area contributed by atoms with Crippen molar-refractivity contribution in [1.29, 1.82) is 0 Å². The molecule has 0 unspecified atom stereocenters. The molecule has 0 aromatic carbocycles. The Balaban J connectivity index is 2.41. The van der Waals surface area contributed by atoms with Crippen LogP contribution in [0, 0.1) is 13.8 Å². The van der Waals surface area contributed by atoms with E-state index in [9.17, 15) is 8.42 Å². The summed E-state index contributed by atoms with van der Waals surface area (Å²) >= 11 is 1.64. The first-order valence-electron chi connectivity index (χ1n) is 7.22. The molecule has 0 spiro atoms. The molecule has 0 saturated carbocycles. The average Bonchev–Trinajstić information content (AvgIpc) is 2.71. The summed E-state index contributed by atoms with van der Waals surface area (Å²) in [5.74, 6) is 0. The first-order valence-corrected chi connectivity index (χ1v) is 9.48. The molecule has 0 aliphatic rings. The first kappa shape index (κ1) is 18.6. The Morgan fingerprint density at radius 2 is 2.00 bits per heavy atom. The van der Waals surface area contributed by atoms with Crippen LogP contribution < -0.4 is 10.0 Å². The van der Waals surface area contributed by atoms with Crippen molar-refractivity contribution in [3.05, 3.63) is 21.4 Å². The van der Waals surface area contributed by atoms with Crippen molar-refractivity contribution in [2.24, 2.45) is 0 Å². The second-order valence-corrected chi connectivity index (χ2v) is 8.77. The molecule has 7 heteroatoms. The van der Waals surface area contributed by atoms with Crippen LogP contribution >= 0.6 is 11.3 Å². The molecule has 5 nitrogen and oxygen atoms in total. The van der Waals surface area contributed by atoms with Gasteiger partial charge in [0, 0.05) is 35.9 Å². The Kier molecular flexibility index (Phi) is 7.29. The van der Waals surface area contributed by atoms with E-state index in [0.29, 0.717) is 19.1 Å². The van der Waals surface area contributed by atoms with Crippen LogP contribution in [-0.4, -0.2) is 38.9 Å². The summed E-state index contributed by atoms with van der Waals surface area (Å²) in [5.41, 5.74) is 1.21. The second kappa shape index (κ2) is 8.24. The maximum atomic E-state index is 12.1. The van der Waals surface area contributed by atoms with E-state index in [1.807, 2.05) is 19.9 Å². The molecule has 2 N–H and O–H groups in total. The SMILES string of the molecule is Cc1cc(CNS(=O)(=O)N(C)CCCNC(C)C)sc1C. The van der Waals surface area contributed by atoms with E-state index in [1.165, 1.54) is 14.7 Å². The Labute approximate surface area is 132 Å². The molecule has 1 aromatic rings. The minimum atomic E-state index is -3.40. The van der Waals surface area contributed by atoms with Crippen molar-refractivity contribution in [3.63, 3.8) is 0 Å². The lowest BCUT2D eigenvalue weighted by atomic mass is 10.3. The second-order valence-electron chi connectivity index (χ2n) is 5.56. The van der Waals surface area contributed by atoms with Crippen LogP contribution in [0.25, 0.3) is 0 Å². The quantitative estimate of drug-likeness (QED) is 0.680. The molecular formula is C14H27N3O2S2. The highest BCUT2D eigenvalue weighted by atomic mass is 32.2. The van der Waals surface area contributed by atoms with Gasteiger partial charge in [-0.2, -0.15) is 17.4 Å². The number of nitrogens with one attached hydrogen (secondary N) is 2. The minimum absolute atomic E-state index is 0.357. The number of hydrogen-bond donors (Lipinski definition) is 2. The third-order valence-corrected chi connectivity index (χ3v) is 5.92. The van der Waals surface area contributed by atoms with Gasteiger partial charge in [0.05, 0.1) is 0 Å². The van der Waals surface area contributed by atoms with E-state index in [2.05, 4.69) is 23.9 Å². The Bertz CT molecular complexity index is 519. The molecule has 122 valence electrons. The monoisotopic (exact) mass is 333 g/mol. The van der Waals surface area contributed by atoms with Gasteiger partial charge in [-0.25, -0.2) is 0 Å². The van der Waals surface area contributed by atoms with Crippen LogP contribution in [0.3, 0.4) is 0 Å². The highest BCUT2D eigenvalue weighted by Crippen LogP contribution is 2.20. The van der Waals surface area contributed by atoms with Gasteiger partial charge in [0.25, 0.3) is 10.2 Å². The van der Waals surface area contributed by atoms with Crippen molar-refractivity contribution in [2.45, 2.75) is 46.7 Å². The Morgan fingerprint density at radius 3 is 2.52 bits per heavy atom. The van der Waals surface area contributed by atoms with Gasteiger partial charge in [-0.05, 0) is 38.4 Å². The van der Waals surface area contributed by atoms with E-state index in [-0.39, 0.29) is 0 Å². The molecule has 1 aromatic heterocycles. The van der Waals surface area contributed by atoms with Gasteiger partial charge in [0.1, 0.15) is 0 Å². The van der Waals surface area contributed by atoms with E-state index < -0.39 is 10.2 Å². The highest BCUT2D eigenvalue weighted by molar-refractivity contribution is 7.87. The fraction of sp³-hybridized carbons (Fsp3) is 0.714. The van der Waals surface area contributed by atoms with Crippen molar-refractivity contribution in [2.75, 3.05) is 20.1 Å². The summed E-state index contributed by atoms with van der Waals surface area (Å²) in [6, 6.07) is 2.46. The number of aryl methyl sites for hydroxylation is 2. The molecule has 0 amide bonds. The summed E-state index contributed by atoms with van der Waals surface area (Å²) in [6.45, 7) is 9.93. The molecule has 0 radical (unpaired) electrons. The molecule has 0 aliphatic carbocycles. The third-order valence-electron chi connectivity index (χ3n) is 3.26. The molecule has 0 aliphatic heterocycles. The van der Waals surface area contributed by atoms with Gasteiger partial charge in [0.15, 0.2) is 0 Å². The fourth-order valence-electron chi connectivity index (χ4n) is 1.82. The van der Waals surface area contributed by atoms with Crippen LogP contribution in [0.15, 0.2) is 6.07 Å². The van der Waals surface area contributed by atoms with Crippen LogP contribution in [0.2, 0.25) is 0 Å². The molecule has 21 heavy (non-hydrogen) atoms. The third kappa shape index (κ3) is 6.44. The zero-order valence-corrected chi connectivity index (χ0v) is 15.2. The predicted octanol–water partition coefficient (Wildman–Crippen LogP) is 2.02. The number of nitrogens with zero attached hydrogens (tertiary/aromatic N) is 1. The Hall–Kier alpha value is -0.470. The molecular weight excluding hydrogens is 306 g/mol. The summed E-state index contributed by atoms with van der Waals surface area (Å²) < 4.78 is 28.3. The summed E-state index contributed by atoms with van der Waals surface area (Å²) in [6.07, 6.45) is 0.798. The van der Waals surface area contributed by atoms with Crippen molar-refractivity contribution >= 4 is 21.5 Å². The molecule has 0 saturated heterocycles. The van der Waals surface area contributed by atoms with Crippen LogP contribution in [0.4, 0.5) is 0 Å². The predicted molar refractivity (Wildman–Crippen MR) is 89.9 cm³/mol.